The largest absolute Gasteiger partial charge is 0.505 e. The van der Waals surface area contributed by atoms with Crippen LogP contribution in [-0.2, 0) is 6.54 Å². The number of hydrogen-bond acceptors (Lipinski definition) is 3. The van der Waals surface area contributed by atoms with E-state index in [0.717, 1.165) is 25.9 Å². The lowest BCUT2D eigenvalue weighted by Crippen LogP contribution is -2.37. The summed E-state index contributed by atoms with van der Waals surface area (Å²) in [5.41, 5.74) is 1.90. The highest BCUT2D eigenvalue weighted by Crippen LogP contribution is 2.41. The molecular formula is C19H24FN3O. The molecule has 1 aromatic carbocycles. The van der Waals surface area contributed by atoms with Crippen LogP contribution in [0.4, 0.5) is 4.39 Å². The molecule has 4 nitrogen and oxygen atoms in total. The van der Waals surface area contributed by atoms with Gasteiger partial charge in [-0.15, -0.1) is 0 Å². The summed E-state index contributed by atoms with van der Waals surface area (Å²) in [5.74, 6) is 1.13. The minimum atomic E-state index is -0.539. The van der Waals surface area contributed by atoms with Crippen molar-refractivity contribution in [3.05, 3.63) is 47.3 Å². The molecule has 1 aromatic heterocycles. The second-order valence-corrected chi connectivity index (χ2v) is 7.18. The smallest absolute Gasteiger partial charge is 0.165 e. The van der Waals surface area contributed by atoms with Gasteiger partial charge in [0, 0.05) is 42.5 Å². The molecule has 5 heteroatoms. The first-order valence-corrected chi connectivity index (χ1v) is 8.86. The number of phenolic OH excluding ortho intramolecular Hbond substituents is 1. The fourth-order valence-corrected chi connectivity index (χ4v) is 3.90. The molecule has 1 saturated carbocycles. The zero-order valence-corrected chi connectivity index (χ0v) is 14.1. The van der Waals surface area contributed by atoms with Crippen LogP contribution in [0.3, 0.4) is 0 Å². The van der Waals surface area contributed by atoms with Crippen molar-refractivity contribution in [3.63, 3.8) is 0 Å². The number of nitrogens with zero attached hydrogens (tertiary/aromatic N) is 3. The fourth-order valence-electron chi connectivity index (χ4n) is 3.90. The number of imidazole rings is 1. The molecular weight excluding hydrogens is 305 g/mol. The number of hydrogen-bond donors (Lipinski definition) is 1. The summed E-state index contributed by atoms with van der Waals surface area (Å²) >= 11 is 0. The molecule has 128 valence electrons. The van der Waals surface area contributed by atoms with Crippen LogP contribution in [0, 0.1) is 12.7 Å². The summed E-state index contributed by atoms with van der Waals surface area (Å²) in [6.07, 6.45) is 6.77. The zero-order chi connectivity index (χ0) is 16.7. The molecule has 1 N–H and O–H groups in total. The van der Waals surface area contributed by atoms with Crippen LogP contribution in [0.2, 0.25) is 0 Å². The average molecular weight is 329 g/mol. The number of benzene rings is 1. The summed E-state index contributed by atoms with van der Waals surface area (Å²) in [7, 11) is 0. The second-order valence-electron chi connectivity index (χ2n) is 7.18. The Bertz CT molecular complexity index is 738. The predicted octanol–water partition coefficient (Wildman–Crippen LogP) is 3.75. The monoisotopic (exact) mass is 329 g/mol. The number of piperidine rings is 1. The van der Waals surface area contributed by atoms with Gasteiger partial charge in [-0.1, -0.05) is 12.1 Å². The van der Waals surface area contributed by atoms with E-state index in [1.54, 1.807) is 12.1 Å². The lowest BCUT2D eigenvalue weighted by atomic mass is 10.0. The molecule has 2 fully saturated rings. The molecule has 1 saturated heterocycles. The SMILES string of the molecule is Cc1cnc(C2CC2)n1C1CCCN(Cc2cccc(F)c2O)C1. The third-order valence-corrected chi connectivity index (χ3v) is 5.26. The predicted molar refractivity (Wildman–Crippen MR) is 90.6 cm³/mol. The molecule has 4 rings (SSSR count). The normalized spacial score (nSPS) is 22.0. The zero-order valence-electron chi connectivity index (χ0n) is 14.1. The molecule has 0 bridgehead atoms. The van der Waals surface area contributed by atoms with Gasteiger partial charge in [-0.25, -0.2) is 9.37 Å². The van der Waals surface area contributed by atoms with Crippen molar-refractivity contribution in [2.75, 3.05) is 13.1 Å². The molecule has 1 aliphatic heterocycles. The summed E-state index contributed by atoms with van der Waals surface area (Å²) in [6, 6.07) is 5.19. The van der Waals surface area contributed by atoms with Gasteiger partial charge in [0.1, 0.15) is 5.82 Å². The molecule has 2 aliphatic rings. The van der Waals surface area contributed by atoms with Gasteiger partial charge in [0.25, 0.3) is 0 Å². The van der Waals surface area contributed by atoms with E-state index in [1.807, 2.05) is 6.20 Å². The standard InChI is InChI=1S/C19H24FN3O/c1-13-10-21-19(14-7-8-14)23(13)16-5-3-9-22(12-16)11-15-4-2-6-17(20)18(15)24/h2,4,6,10,14,16,24H,3,5,7-9,11-12H2,1H3. The lowest BCUT2D eigenvalue weighted by Gasteiger charge is -2.35. The van der Waals surface area contributed by atoms with Gasteiger partial charge in [0.2, 0.25) is 0 Å². The van der Waals surface area contributed by atoms with Crippen LogP contribution >= 0.6 is 0 Å². The van der Waals surface area contributed by atoms with E-state index in [2.05, 4.69) is 21.4 Å². The number of likely N-dealkylation sites (tertiary alicyclic amines) is 1. The van der Waals surface area contributed by atoms with Gasteiger partial charge in [-0.3, -0.25) is 4.90 Å². The first-order valence-electron chi connectivity index (χ1n) is 8.86. The van der Waals surface area contributed by atoms with E-state index in [-0.39, 0.29) is 5.75 Å². The van der Waals surface area contributed by atoms with Gasteiger partial charge in [-0.05, 0) is 45.2 Å². The number of phenols is 1. The number of aromatic hydroxyl groups is 1. The van der Waals surface area contributed by atoms with Crippen molar-refractivity contribution in [1.82, 2.24) is 14.5 Å². The van der Waals surface area contributed by atoms with Crippen molar-refractivity contribution in [2.45, 2.75) is 51.1 Å². The highest BCUT2D eigenvalue weighted by Gasteiger charge is 2.32. The van der Waals surface area contributed by atoms with Crippen molar-refractivity contribution in [2.24, 2.45) is 0 Å². The van der Waals surface area contributed by atoms with Crippen molar-refractivity contribution >= 4 is 0 Å². The Morgan fingerprint density at radius 1 is 1.29 bits per heavy atom. The first-order chi connectivity index (χ1) is 11.6. The highest BCUT2D eigenvalue weighted by molar-refractivity contribution is 5.33. The number of para-hydroxylation sites is 1. The van der Waals surface area contributed by atoms with Gasteiger partial charge in [0.15, 0.2) is 11.6 Å². The summed E-state index contributed by atoms with van der Waals surface area (Å²) in [5, 5.41) is 9.93. The molecule has 2 heterocycles. The number of halogens is 1. The number of aryl methyl sites for hydroxylation is 1. The Morgan fingerprint density at radius 2 is 2.12 bits per heavy atom. The van der Waals surface area contributed by atoms with Crippen LogP contribution in [0.25, 0.3) is 0 Å². The molecule has 0 amide bonds. The molecule has 24 heavy (non-hydrogen) atoms. The van der Waals surface area contributed by atoms with Crippen molar-refractivity contribution in [3.8, 4) is 5.75 Å². The third-order valence-electron chi connectivity index (χ3n) is 5.26. The maximum Gasteiger partial charge on any atom is 0.165 e. The summed E-state index contributed by atoms with van der Waals surface area (Å²) in [4.78, 5) is 6.96. The second kappa shape index (κ2) is 6.20. The van der Waals surface area contributed by atoms with E-state index in [9.17, 15) is 9.50 Å². The van der Waals surface area contributed by atoms with E-state index < -0.39 is 5.82 Å². The van der Waals surface area contributed by atoms with Gasteiger partial charge >= 0.3 is 0 Å². The Labute approximate surface area is 141 Å². The molecule has 2 aromatic rings. The van der Waals surface area contributed by atoms with Crippen molar-refractivity contribution < 1.29 is 9.50 Å². The molecule has 0 radical (unpaired) electrons. The topological polar surface area (TPSA) is 41.3 Å². The van der Waals surface area contributed by atoms with Crippen LogP contribution in [0.5, 0.6) is 5.75 Å². The Kier molecular flexibility index (Phi) is 4.04. The summed E-state index contributed by atoms with van der Waals surface area (Å²) < 4.78 is 16.0. The molecule has 1 atom stereocenters. The lowest BCUT2D eigenvalue weighted by molar-refractivity contribution is 0.165. The van der Waals surface area contributed by atoms with E-state index in [4.69, 9.17) is 0 Å². The fraction of sp³-hybridized carbons (Fsp3) is 0.526. The van der Waals surface area contributed by atoms with Crippen LogP contribution in [0.15, 0.2) is 24.4 Å². The minimum Gasteiger partial charge on any atom is -0.505 e. The highest BCUT2D eigenvalue weighted by atomic mass is 19.1. The first kappa shape index (κ1) is 15.6. The number of rotatable bonds is 4. The minimum absolute atomic E-state index is 0.211. The molecule has 1 unspecified atom stereocenters. The summed E-state index contributed by atoms with van der Waals surface area (Å²) in [6.45, 7) is 4.63. The van der Waals surface area contributed by atoms with E-state index in [1.165, 1.54) is 30.4 Å². The maximum absolute atomic E-state index is 13.6. The third kappa shape index (κ3) is 2.93. The van der Waals surface area contributed by atoms with Crippen molar-refractivity contribution in [1.29, 1.82) is 0 Å². The van der Waals surface area contributed by atoms with Gasteiger partial charge < -0.3 is 9.67 Å². The quantitative estimate of drug-likeness (QED) is 0.929. The van der Waals surface area contributed by atoms with E-state index >= 15 is 0 Å². The van der Waals surface area contributed by atoms with Gasteiger partial charge in [-0.2, -0.15) is 0 Å². The Hall–Kier alpha value is -1.88. The van der Waals surface area contributed by atoms with Crippen LogP contribution in [-0.4, -0.2) is 32.6 Å². The molecule has 1 aliphatic carbocycles. The Morgan fingerprint density at radius 3 is 2.92 bits per heavy atom. The maximum atomic E-state index is 13.6. The average Bonchev–Trinajstić information content (AvgIpc) is 3.34. The number of aromatic nitrogens is 2. The molecule has 0 spiro atoms. The van der Waals surface area contributed by atoms with Gasteiger partial charge in [0.05, 0.1) is 0 Å². The Balaban J connectivity index is 1.52. The van der Waals surface area contributed by atoms with Crippen LogP contribution < -0.4 is 0 Å². The van der Waals surface area contributed by atoms with E-state index in [0.29, 0.717) is 24.1 Å². The van der Waals surface area contributed by atoms with Crippen LogP contribution in [0.1, 0.15) is 54.7 Å².